The van der Waals surface area contributed by atoms with Crippen LogP contribution in [0.4, 0.5) is 0 Å². The molecule has 34 heavy (non-hydrogen) atoms. The van der Waals surface area contributed by atoms with Gasteiger partial charge in [0, 0.05) is 18.0 Å². The highest BCUT2D eigenvalue weighted by Gasteiger charge is 2.19. The summed E-state index contributed by atoms with van der Waals surface area (Å²) in [4.78, 5) is 13.5. The number of aromatic nitrogens is 1. The molecule has 2 rings (SSSR count). The molecule has 0 aliphatic heterocycles. The highest BCUT2D eigenvalue weighted by Crippen LogP contribution is 2.34. The van der Waals surface area contributed by atoms with Gasteiger partial charge in [0.25, 0.3) is 5.56 Å². The summed E-state index contributed by atoms with van der Waals surface area (Å²) in [5, 5.41) is 0.855. The highest BCUT2D eigenvalue weighted by molar-refractivity contribution is 5.89. The standard InChI is InChI=1S/C29H43NO4/c1-7-8-9-10-11-12-19-30-26-21-24(32-5)16-17-25(26)27(33-6)28(29(30)31)34-20-18-23(4)15-13-14-22(2)3/h14,16-18,21H,7-13,15,19-20H2,1-6H3/b23-18+. The molecule has 0 aliphatic rings. The molecule has 0 bridgehead atoms. The van der Waals surface area contributed by atoms with E-state index in [0.717, 1.165) is 36.6 Å². The molecular formula is C29H43NO4. The third-order valence-corrected chi connectivity index (χ3v) is 6.08. The second-order valence-corrected chi connectivity index (χ2v) is 9.15. The summed E-state index contributed by atoms with van der Waals surface area (Å²) in [6, 6.07) is 5.74. The molecule has 0 amide bonds. The first-order valence-corrected chi connectivity index (χ1v) is 12.6. The number of pyridine rings is 1. The molecule has 1 aromatic heterocycles. The van der Waals surface area contributed by atoms with Crippen molar-refractivity contribution in [1.29, 1.82) is 0 Å². The van der Waals surface area contributed by atoms with Crippen molar-refractivity contribution in [1.82, 2.24) is 4.57 Å². The van der Waals surface area contributed by atoms with E-state index in [9.17, 15) is 4.79 Å². The first-order valence-electron chi connectivity index (χ1n) is 12.6. The zero-order valence-electron chi connectivity index (χ0n) is 22.0. The monoisotopic (exact) mass is 469 g/mol. The van der Waals surface area contributed by atoms with Gasteiger partial charge >= 0.3 is 0 Å². The zero-order valence-corrected chi connectivity index (χ0v) is 22.0. The highest BCUT2D eigenvalue weighted by atomic mass is 16.5. The fourth-order valence-electron chi connectivity index (χ4n) is 4.07. The fourth-order valence-corrected chi connectivity index (χ4v) is 4.07. The van der Waals surface area contributed by atoms with E-state index < -0.39 is 0 Å². The van der Waals surface area contributed by atoms with Gasteiger partial charge in [0.2, 0.25) is 5.75 Å². The maximum absolute atomic E-state index is 13.5. The molecule has 2 aromatic rings. The van der Waals surface area contributed by atoms with Gasteiger partial charge in [-0.1, -0.05) is 56.3 Å². The molecule has 0 N–H and O–H groups in total. The Hall–Kier alpha value is -2.69. The van der Waals surface area contributed by atoms with Crippen LogP contribution in [0.25, 0.3) is 10.9 Å². The first-order chi connectivity index (χ1) is 16.4. The Kier molecular flexibility index (Phi) is 11.8. The van der Waals surface area contributed by atoms with Crippen LogP contribution < -0.4 is 19.8 Å². The van der Waals surface area contributed by atoms with E-state index in [1.165, 1.54) is 36.8 Å². The fraction of sp³-hybridized carbons (Fsp3) is 0.552. The van der Waals surface area contributed by atoms with Gasteiger partial charge in [-0.05, 0) is 58.2 Å². The zero-order chi connectivity index (χ0) is 24.9. The minimum atomic E-state index is -0.151. The Labute approximate surface area is 205 Å². The van der Waals surface area contributed by atoms with Crippen molar-refractivity contribution >= 4 is 10.9 Å². The lowest BCUT2D eigenvalue weighted by Gasteiger charge is -2.18. The largest absolute Gasteiger partial charge is 0.497 e. The molecule has 0 saturated carbocycles. The summed E-state index contributed by atoms with van der Waals surface area (Å²) in [6.45, 7) is 9.53. The van der Waals surface area contributed by atoms with E-state index in [-0.39, 0.29) is 11.3 Å². The lowest BCUT2D eigenvalue weighted by molar-refractivity contribution is 0.320. The summed E-state index contributed by atoms with van der Waals surface area (Å²) in [5.74, 6) is 1.48. The number of fused-ring (bicyclic) bond motifs is 1. The lowest BCUT2D eigenvalue weighted by atomic mass is 10.1. The van der Waals surface area contributed by atoms with E-state index in [4.69, 9.17) is 14.2 Å². The number of rotatable bonds is 15. The Balaban J connectivity index is 2.31. The average molecular weight is 470 g/mol. The van der Waals surface area contributed by atoms with Crippen molar-refractivity contribution in [3.63, 3.8) is 0 Å². The van der Waals surface area contributed by atoms with E-state index >= 15 is 0 Å². The normalized spacial score (nSPS) is 11.5. The van der Waals surface area contributed by atoms with Crippen LogP contribution in [0.15, 0.2) is 46.3 Å². The van der Waals surface area contributed by atoms with Crippen molar-refractivity contribution in [2.45, 2.75) is 85.6 Å². The van der Waals surface area contributed by atoms with E-state index in [1.54, 1.807) is 14.2 Å². The summed E-state index contributed by atoms with van der Waals surface area (Å²) in [7, 11) is 3.22. The average Bonchev–Trinajstić information content (AvgIpc) is 2.82. The smallest absolute Gasteiger partial charge is 0.297 e. The summed E-state index contributed by atoms with van der Waals surface area (Å²) in [6.07, 6.45) is 13.3. The number of hydrogen-bond donors (Lipinski definition) is 0. The topological polar surface area (TPSA) is 49.7 Å². The van der Waals surface area contributed by atoms with Crippen molar-refractivity contribution in [3.05, 3.63) is 51.9 Å². The molecule has 0 atom stereocenters. The number of hydrogen-bond acceptors (Lipinski definition) is 4. The maximum Gasteiger partial charge on any atom is 0.297 e. The molecule has 1 heterocycles. The van der Waals surface area contributed by atoms with Gasteiger partial charge in [0.05, 0.1) is 19.7 Å². The van der Waals surface area contributed by atoms with Crippen LogP contribution in [-0.4, -0.2) is 25.4 Å². The van der Waals surface area contributed by atoms with Gasteiger partial charge in [-0.3, -0.25) is 4.79 Å². The van der Waals surface area contributed by atoms with Crippen LogP contribution in [0.5, 0.6) is 17.2 Å². The molecule has 5 heteroatoms. The molecule has 5 nitrogen and oxygen atoms in total. The SMILES string of the molecule is CCCCCCCCn1c(=O)c(OC/C=C(\C)CCC=C(C)C)c(OC)c2ccc(OC)cc21. The molecule has 0 aliphatic carbocycles. The summed E-state index contributed by atoms with van der Waals surface area (Å²) in [5.41, 5.74) is 3.24. The molecule has 0 spiro atoms. The Morgan fingerprint density at radius 2 is 1.68 bits per heavy atom. The Bertz CT molecular complexity index is 1030. The van der Waals surface area contributed by atoms with Gasteiger partial charge < -0.3 is 18.8 Å². The van der Waals surface area contributed by atoms with Crippen molar-refractivity contribution in [2.75, 3.05) is 20.8 Å². The second-order valence-electron chi connectivity index (χ2n) is 9.15. The number of aryl methyl sites for hydroxylation is 1. The van der Waals surface area contributed by atoms with E-state index in [0.29, 0.717) is 24.7 Å². The van der Waals surface area contributed by atoms with E-state index in [2.05, 4.69) is 33.8 Å². The van der Waals surface area contributed by atoms with Gasteiger partial charge in [-0.25, -0.2) is 0 Å². The lowest BCUT2D eigenvalue weighted by Crippen LogP contribution is -2.24. The second kappa shape index (κ2) is 14.5. The third kappa shape index (κ3) is 7.96. The number of nitrogens with zero attached hydrogens (tertiary/aromatic N) is 1. The van der Waals surface area contributed by atoms with Crippen LogP contribution >= 0.6 is 0 Å². The molecule has 0 radical (unpaired) electrons. The molecule has 0 unspecified atom stereocenters. The van der Waals surface area contributed by atoms with Crippen LogP contribution in [-0.2, 0) is 6.54 Å². The molecular weight excluding hydrogens is 426 g/mol. The number of methoxy groups -OCH3 is 2. The minimum absolute atomic E-state index is 0.151. The van der Waals surface area contributed by atoms with Gasteiger partial charge in [0.1, 0.15) is 12.4 Å². The van der Waals surface area contributed by atoms with Gasteiger partial charge in [0.15, 0.2) is 5.75 Å². The molecule has 0 saturated heterocycles. The first kappa shape index (κ1) is 27.6. The van der Waals surface area contributed by atoms with Crippen molar-refractivity contribution < 1.29 is 14.2 Å². The van der Waals surface area contributed by atoms with E-state index in [1.807, 2.05) is 28.8 Å². The number of ether oxygens (including phenoxy) is 3. The maximum atomic E-state index is 13.5. The van der Waals surface area contributed by atoms with Crippen LogP contribution in [0.3, 0.4) is 0 Å². The van der Waals surface area contributed by atoms with Crippen LogP contribution in [0.2, 0.25) is 0 Å². The quantitative estimate of drug-likeness (QED) is 0.201. The number of unbranched alkanes of at least 4 members (excludes halogenated alkanes) is 5. The Morgan fingerprint density at radius 3 is 2.35 bits per heavy atom. The van der Waals surface area contributed by atoms with Crippen LogP contribution in [0, 0.1) is 0 Å². The predicted molar refractivity (Wildman–Crippen MR) is 143 cm³/mol. The molecule has 1 aromatic carbocycles. The minimum Gasteiger partial charge on any atom is -0.497 e. The van der Waals surface area contributed by atoms with Crippen molar-refractivity contribution in [3.8, 4) is 17.2 Å². The van der Waals surface area contributed by atoms with Gasteiger partial charge in [-0.15, -0.1) is 0 Å². The Morgan fingerprint density at radius 1 is 0.941 bits per heavy atom. The summed E-state index contributed by atoms with van der Waals surface area (Å²) < 4.78 is 19.0. The number of benzene rings is 1. The predicted octanol–water partition coefficient (Wildman–Crippen LogP) is 7.45. The number of allylic oxidation sites excluding steroid dienone is 3. The molecule has 0 fully saturated rings. The van der Waals surface area contributed by atoms with Crippen molar-refractivity contribution in [2.24, 2.45) is 0 Å². The molecule has 188 valence electrons. The van der Waals surface area contributed by atoms with Crippen LogP contribution in [0.1, 0.15) is 79.1 Å². The third-order valence-electron chi connectivity index (χ3n) is 6.08. The van der Waals surface area contributed by atoms with Gasteiger partial charge in [-0.2, -0.15) is 0 Å². The summed E-state index contributed by atoms with van der Waals surface area (Å²) >= 11 is 0.